The Morgan fingerprint density at radius 1 is 1.21 bits per heavy atom. The third kappa shape index (κ3) is 3.00. The zero-order valence-electron chi connectivity index (χ0n) is 14.8. The second kappa shape index (κ2) is 6.47. The highest BCUT2D eigenvalue weighted by atomic mass is 16.5. The summed E-state index contributed by atoms with van der Waals surface area (Å²) in [5.74, 6) is 7.27. The summed E-state index contributed by atoms with van der Waals surface area (Å²) < 4.78 is 5.50. The van der Waals surface area contributed by atoms with Crippen LogP contribution in [-0.4, -0.2) is 42.4 Å². The summed E-state index contributed by atoms with van der Waals surface area (Å²) in [5, 5.41) is 13.3. The smallest absolute Gasteiger partial charge is 0.135 e. The van der Waals surface area contributed by atoms with Gasteiger partial charge in [0.2, 0.25) is 0 Å². The molecule has 1 heterocycles. The normalized spacial score (nSPS) is 27.5. The number of benzene rings is 2. The maximum atomic E-state index is 11.1. The number of fused-ring (bicyclic) bond motifs is 1. The van der Waals surface area contributed by atoms with E-state index >= 15 is 0 Å². The molecule has 126 valence electrons. The molecule has 0 radical (unpaired) electrons. The lowest BCUT2D eigenvalue weighted by Gasteiger charge is -2.42. The Bertz CT molecular complexity index is 804. The Hall–Kier alpha value is -2.02. The monoisotopic (exact) mass is 323 g/mol. The molecule has 3 heteroatoms. The molecule has 0 saturated carbocycles. The van der Waals surface area contributed by atoms with E-state index in [0.29, 0.717) is 12.5 Å². The number of aliphatic hydroxyl groups is 1. The second-order valence-electron chi connectivity index (χ2n) is 6.93. The maximum absolute atomic E-state index is 11.1. The molecular formula is C21H25NO2. The van der Waals surface area contributed by atoms with E-state index in [2.05, 4.69) is 43.7 Å². The van der Waals surface area contributed by atoms with Gasteiger partial charge in [-0.25, -0.2) is 0 Å². The van der Waals surface area contributed by atoms with Crippen molar-refractivity contribution in [2.45, 2.75) is 31.9 Å². The molecule has 3 unspecified atom stereocenters. The largest absolute Gasteiger partial charge is 0.495 e. The summed E-state index contributed by atoms with van der Waals surface area (Å²) in [6.07, 6.45) is 0.657. The van der Waals surface area contributed by atoms with Crippen LogP contribution in [0.25, 0.3) is 10.8 Å². The van der Waals surface area contributed by atoms with Gasteiger partial charge in [0.05, 0.1) is 12.7 Å². The molecule has 0 aliphatic carbocycles. The summed E-state index contributed by atoms with van der Waals surface area (Å²) in [6.45, 7) is 5.05. The van der Waals surface area contributed by atoms with Crippen LogP contribution in [-0.2, 0) is 0 Å². The van der Waals surface area contributed by atoms with E-state index in [0.717, 1.165) is 28.6 Å². The Labute approximate surface area is 144 Å². The first-order chi connectivity index (χ1) is 11.4. The van der Waals surface area contributed by atoms with Crippen LogP contribution in [0.4, 0.5) is 0 Å². The number of rotatable bonds is 1. The molecule has 3 rings (SSSR count). The van der Waals surface area contributed by atoms with Crippen molar-refractivity contribution >= 4 is 10.8 Å². The highest BCUT2D eigenvalue weighted by Gasteiger charge is 2.39. The van der Waals surface area contributed by atoms with Crippen LogP contribution in [0.2, 0.25) is 0 Å². The van der Waals surface area contributed by atoms with Crippen LogP contribution in [0, 0.1) is 17.8 Å². The van der Waals surface area contributed by atoms with E-state index in [9.17, 15) is 5.11 Å². The zero-order valence-corrected chi connectivity index (χ0v) is 14.8. The number of piperidine rings is 1. The second-order valence-corrected chi connectivity index (χ2v) is 6.93. The fourth-order valence-electron chi connectivity index (χ4n) is 3.47. The number of hydrogen-bond acceptors (Lipinski definition) is 3. The molecule has 1 aliphatic heterocycles. The summed E-state index contributed by atoms with van der Waals surface area (Å²) in [5.41, 5.74) is -0.115. The average molecular weight is 323 g/mol. The lowest BCUT2D eigenvalue weighted by Crippen LogP contribution is -2.52. The molecule has 1 saturated heterocycles. The van der Waals surface area contributed by atoms with Crippen molar-refractivity contribution in [1.29, 1.82) is 0 Å². The predicted octanol–water partition coefficient (Wildman–Crippen LogP) is 3.29. The van der Waals surface area contributed by atoms with E-state index in [1.807, 2.05) is 30.3 Å². The molecule has 0 aromatic heterocycles. The van der Waals surface area contributed by atoms with Gasteiger partial charge in [0.1, 0.15) is 11.4 Å². The van der Waals surface area contributed by atoms with Gasteiger partial charge >= 0.3 is 0 Å². The first kappa shape index (κ1) is 16.8. The van der Waals surface area contributed by atoms with Crippen molar-refractivity contribution in [3.8, 4) is 17.6 Å². The van der Waals surface area contributed by atoms with Gasteiger partial charge in [0.15, 0.2) is 0 Å². The molecule has 0 amide bonds. The number of ether oxygens (including phenoxy) is 1. The third-order valence-corrected chi connectivity index (χ3v) is 5.25. The van der Waals surface area contributed by atoms with E-state index in [1.165, 1.54) is 0 Å². The van der Waals surface area contributed by atoms with Gasteiger partial charge < -0.3 is 14.7 Å². The molecule has 0 bridgehead atoms. The van der Waals surface area contributed by atoms with Gasteiger partial charge in [0.25, 0.3) is 0 Å². The molecular weight excluding hydrogens is 298 g/mol. The Morgan fingerprint density at radius 2 is 1.96 bits per heavy atom. The molecule has 0 spiro atoms. The fourth-order valence-corrected chi connectivity index (χ4v) is 3.47. The first-order valence-corrected chi connectivity index (χ1v) is 8.46. The molecule has 3 nitrogen and oxygen atoms in total. The summed E-state index contributed by atoms with van der Waals surface area (Å²) >= 11 is 0. The van der Waals surface area contributed by atoms with E-state index in [1.54, 1.807) is 7.11 Å². The van der Waals surface area contributed by atoms with Crippen LogP contribution in [0.5, 0.6) is 5.75 Å². The Kier molecular flexibility index (Phi) is 4.54. The van der Waals surface area contributed by atoms with Crippen LogP contribution in [0.3, 0.4) is 0 Å². The van der Waals surface area contributed by atoms with Crippen molar-refractivity contribution in [1.82, 2.24) is 4.90 Å². The van der Waals surface area contributed by atoms with Crippen LogP contribution in [0.15, 0.2) is 36.4 Å². The minimum Gasteiger partial charge on any atom is -0.495 e. The predicted molar refractivity (Wildman–Crippen MR) is 98.2 cm³/mol. The van der Waals surface area contributed by atoms with Gasteiger partial charge in [-0.15, -0.1) is 0 Å². The topological polar surface area (TPSA) is 32.7 Å². The molecule has 1 fully saturated rings. The van der Waals surface area contributed by atoms with Gasteiger partial charge in [0, 0.05) is 30.3 Å². The summed E-state index contributed by atoms with van der Waals surface area (Å²) in [7, 11) is 3.76. The number of nitrogens with zero attached hydrogens (tertiary/aromatic N) is 1. The average Bonchev–Trinajstić information content (AvgIpc) is 2.58. The zero-order chi connectivity index (χ0) is 17.3. The third-order valence-electron chi connectivity index (χ3n) is 5.25. The van der Waals surface area contributed by atoms with E-state index in [-0.39, 0.29) is 5.92 Å². The lowest BCUT2D eigenvalue weighted by atomic mass is 9.79. The van der Waals surface area contributed by atoms with Crippen LogP contribution in [0.1, 0.15) is 25.8 Å². The summed E-state index contributed by atoms with van der Waals surface area (Å²) in [4.78, 5) is 2.28. The van der Waals surface area contributed by atoms with Crippen LogP contribution < -0.4 is 4.74 Å². The van der Waals surface area contributed by atoms with Crippen molar-refractivity contribution in [3.63, 3.8) is 0 Å². The molecule has 1 aliphatic rings. The molecule has 3 atom stereocenters. The van der Waals surface area contributed by atoms with Gasteiger partial charge in [-0.3, -0.25) is 0 Å². The van der Waals surface area contributed by atoms with Gasteiger partial charge in [-0.2, -0.15) is 0 Å². The molecule has 24 heavy (non-hydrogen) atoms. The van der Waals surface area contributed by atoms with E-state index < -0.39 is 5.60 Å². The SMILES string of the molecule is COc1ccc2ccccc2c1C#CC1(O)CC(C)N(C)CC1C. The Morgan fingerprint density at radius 3 is 2.71 bits per heavy atom. The minimum atomic E-state index is -0.964. The van der Waals surface area contributed by atoms with Crippen LogP contribution >= 0.6 is 0 Å². The van der Waals surface area contributed by atoms with E-state index in [4.69, 9.17) is 4.74 Å². The first-order valence-electron chi connectivity index (χ1n) is 8.46. The highest BCUT2D eigenvalue weighted by Crippen LogP contribution is 2.32. The molecule has 2 aromatic carbocycles. The number of methoxy groups -OCH3 is 1. The molecule has 2 aromatic rings. The quantitative estimate of drug-likeness (QED) is 0.818. The van der Waals surface area contributed by atoms with Crippen molar-refractivity contribution in [3.05, 3.63) is 42.0 Å². The van der Waals surface area contributed by atoms with Crippen molar-refractivity contribution < 1.29 is 9.84 Å². The van der Waals surface area contributed by atoms with Crippen molar-refractivity contribution in [2.24, 2.45) is 5.92 Å². The maximum Gasteiger partial charge on any atom is 0.135 e. The minimum absolute atomic E-state index is 0.104. The van der Waals surface area contributed by atoms with Gasteiger partial charge in [-0.05, 0) is 25.4 Å². The molecule has 1 N–H and O–H groups in total. The Balaban J connectivity index is 2.06. The number of likely N-dealkylation sites (tertiary alicyclic amines) is 1. The standard InChI is InChI=1S/C21H25NO2/c1-15-14-22(3)16(2)13-21(15,23)12-11-19-18-8-6-5-7-17(18)9-10-20(19)24-4/h5-10,15-16,23H,13-14H2,1-4H3. The highest BCUT2D eigenvalue weighted by molar-refractivity contribution is 5.90. The fraction of sp³-hybridized carbons (Fsp3) is 0.429. The summed E-state index contributed by atoms with van der Waals surface area (Å²) in [6, 6.07) is 12.4. The van der Waals surface area contributed by atoms with Crippen molar-refractivity contribution in [2.75, 3.05) is 20.7 Å². The van der Waals surface area contributed by atoms with Gasteiger partial charge in [-0.1, -0.05) is 49.1 Å². The number of hydrogen-bond donors (Lipinski definition) is 1. The lowest BCUT2D eigenvalue weighted by molar-refractivity contribution is -0.0346.